The van der Waals surface area contributed by atoms with Crippen molar-refractivity contribution >= 4 is 54.4 Å². The van der Waals surface area contributed by atoms with Crippen LogP contribution in [0.1, 0.15) is 11.1 Å². The molecule has 6 aromatic carbocycles. The Balaban J connectivity index is 1.16. The van der Waals surface area contributed by atoms with Crippen LogP contribution in [-0.2, 0) is 0 Å². The summed E-state index contributed by atoms with van der Waals surface area (Å²) >= 11 is 0. The van der Waals surface area contributed by atoms with E-state index in [1.165, 1.54) is 11.1 Å². The van der Waals surface area contributed by atoms with Gasteiger partial charge in [0.05, 0.1) is 8.07 Å². The molecular formula is C42H38N2Si. The van der Waals surface area contributed by atoms with E-state index in [9.17, 15) is 0 Å². The van der Waals surface area contributed by atoms with E-state index in [0.717, 1.165) is 34.1 Å². The van der Waals surface area contributed by atoms with E-state index in [2.05, 4.69) is 216 Å². The van der Waals surface area contributed by atoms with Gasteiger partial charge in [-0.2, -0.15) is 0 Å². The molecule has 2 nitrogen and oxygen atoms in total. The zero-order chi connectivity index (χ0) is 30.9. The Hall–Kier alpha value is -5.38. The number of anilines is 6. The first-order valence-corrected chi connectivity index (χ1v) is 18.6. The summed E-state index contributed by atoms with van der Waals surface area (Å²) in [7, 11) is -1.73. The predicted octanol–water partition coefficient (Wildman–Crippen LogP) is 12.1. The molecule has 45 heavy (non-hydrogen) atoms. The average Bonchev–Trinajstić information content (AvgIpc) is 3.10. The Morgan fingerprint density at radius 3 is 0.844 bits per heavy atom. The third kappa shape index (κ3) is 7.59. The minimum absolute atomic E-state index is 1.14. The molecule has 0 bridgehead atoms. The first kappa shape index (κ1) is 29.7. The molecule has 0 heterocycles. The van der Waals surface area contributed by atoms with Gasteiger partial charge in [-0.3, -0.25) is 0 Å². The highest BCUT2D eigenvalue weighted by Crippen LogP contribution is 2.35. The van der Waals surface area contributed by atoms with Gasteiger partial charge in [-0.05, 0) is 83.9 Å². The molecule has 3 heteroatoms. The fourth-order valence-corrected chi connectivity index (χ4v) is 6.70. The van der Waals surface area contributed by atoms with Gasteiger partial charge in [-0.25, -0.2) is 0 Å². The summed E-state index contributed by atoms with van der Waals surface area (Å²) in [4.78, 5) is 4.58. The van der Waals surface area contributed by atoms with Gasteiger partial charge in [0.1, 0.15) is 0 Å². The first-order valence-electron chi connectivity index (χ1n) is 15.4. The highest BCUT2D eigenvalue weighted by atomic mass is 28.3. The minimum Gasteiger partial charge on any atom is -0.311 e. The number of para-hydroxylation sites is 4. The smallest absolute Gasteiger partial charge is 0.0954 e. The molecule has 0 aliphatic carbocycles. The van der Waals surface area contributed by atoms with Crippen molar-refractivity contribution in [2.24, 2.45) is 0 Å². The van der Waals surface area contributed by atoms with Crippen molar-refractivity contribution in [2.45, 2.75) is 13.1 Å². The molecule has 0 spiro atoms. The second-order valence-electron chi connectivity index (χ2n) is 11.7. The van der Waals surface area contributed by atoms with Crippen molar-refractivity contribution < 1.29 is 0 Å². The number of hydrogen-bond donors (Lipinski definition) is 0. The van der Waals surface area contributed by atoms with Gasteiger partial charge in [-0.15, -0.1) is 0 Å². The molecule has 0 saturated heterocycles. The van der Waals surface area contributed by atoms with Gasteiger partial charge >= 0.3 is 0 Å². The van der Waals surface area contributed by atoms with Gasteiger partial charge in [0, 0.05) is 34.1 Å². The largest absolute Gasteiger partial charge is 0.311 e. The van der Waals surface area contributed by atoms with Crippen molar-refractivity contribution in [3.63, 3.8) is 0 Å². The fourth-order valence-electron chi connectivity index (χ4n) is 5.35. The van der Waals surface area contributed by atoms with Crippen molar-refractivity contribution in [2.75, 3.05) is 9.80 Å². The SMILES string of the molecule is C[Si](C)(/C=C/c1ccc(N(c2ccccc2)c2ccccc2)cc1)/C=C/c1ccc(N(c2ccccc2)c2ccccc2)cc1. The molecule has 6 rings (SSSR count). The van der Waals surface area contributed by atoms with E-state index in [1.54, 1.807) is 0 Å². The molecule has 0 N–H and O–H groups in total. The van der Waals surface area contributed by atoms with Crippen LogP contribution in [-0.4, -0.2) is 8.07 Å². The summed E-state index contributed by atoms with van der Waals surface area (Å²) in [5, 5.41) is 0. The van der Waals surface area contributed by atoms with E-state index < -0.39 is 8.07 Å². The molecule has 0 aliphatic rings. The molecule has 0 atom stereocenters. The second-order valence-corrected chi connectivity index (χ2v) is 16.0. The van der Waals surface area contributed by atoms with Crippen LogP contribution in [0.5, 0.6) is 0 Å². The molecule has 0 aliphatic heterocycles. The van der Waals surface area contributed by atoms with Crippen LogP contribution in [0.4, 0.5) is 34.1 Å². The summed E-state index contributed by atoms with van der Waals surface area (Å²) in [6, 6.07) is 59.8. The lowest BCUT2D eigenvalue weighted by Gasteiger charge is -2.25. The third-order valence-electron chi connectivity index (χ3n) is 7.77. The molecule has 0 amide bonds. The second kappa shape index (κ2) is 13.9. The Labute approximate surface area is 268 Å². The maximum absolute atomic E-state index is 2.41. The lowest BCUT2D eigenvalue weighted by Crippen LogP contribution is -2.18. The summed E-state index contributed by atoms with van der Waals surface area (Å²) in [6.07, 6.45) is 4.55. The van der Waals surface area contributed by atoms with E-state index in [1.807, 2.05) is 0 Å². The summed E-state index contributed by atoms with van der Waals surface area (Å²) in [5.74, 6) is 0. The van der Waals surface area contributed by atoms with E-state index in [4.69, 9.17) is 0 Å². The van der Waals surface area contributed by atoms with Gasteiger partial charge in [0.2, 0.25) is 0 Å². The zero-order valence-corrected chi connectivity index (χ0v) is 26.9. The monoisotopic (exact) mass is 598 g/mol. The number of nitrogens with zero attached hydrogens (tertiary/aromatic N) is 2. The van der Waals surface area contributed by atoms with Crippen LogP contribution in [0.15, 0.2) is 181 Å². The topological polar surface area (TPSA) is 6.48 Å². The highest BCUT2D eigenvalue weighted by Gasteiger charge is 2.14. The highest BCUT2D eigenvalue weighted by molar-refractivity contribution is 6.87. The van der Waals surface area contributed by atoms with Crippen molar-refractivity contribution in [1.29, 1.82) is 0 Å². The molecular weight excluding hydrogens is 561 g/mol. The quantitative estimate of drug-likeness (QED) is 0.145. The predicted molar refractivity (Wildman–Crippen MR) is 198 cm³/mol. The lowest BCUT2D eigenvalue weighted by molar-refractivity contribution is 1.28. The van der Waals surface area contributed by atoms with Gasteiger partial charge in [0.25, 0.3) is 0 Å². The number of hydrogen-bond acceptors (Lipinski definition) is 2. The first-order chi connectivity index (χ1) is 22.1. The van der Waals surface area contributed by atoms with Gasteiger partial charge in [-0.1, -0.05) is 134 Å². The standard InChI is InChI=1S/C42H38N2Si/c1-45(2,33-31-35-23-27-41(28-24-35)43(37-15-7-3-8-16-37)38-17-9-4-10-18-38)34-32-36-25-29-42(30-26-36)44(39-19-11-5-12-20-39)40-21-13-6-14-22-40/h3-34H,1-2H3/b33-31+,34-32+. The molecule has 0 saturated carbocycles. The Morgan fingerprint density at radius 2 is 0.578 bits per heavy atom. The van der Waals surface area contributed by atoms with Crippen molar-refractivity contribution in [3.8, 4) is 0 Å². The maximum atomic E-state index is 2.41. The zero-order valence-electron chi connectivity index (χ0n) is 25.9. The molecule has 0 unspecified atom stereocenters. The van der Waals surface area contributed by atoms with Crippen LogP contribution < -0.4 is 9.80 Å². The lowest BCUT2D eigenvalue weighted by atomic mass is 10.1. The third-order valence-corrected chi connectivity index (χ3v) is 9.82. The number of rotatable bonds is 10. The molecule has 0 aromatic heterocycles. The van der Waals surface area contributed by atoms with Crippen LogP contribution in [0.25, 0.3) is 12.2 Å². The molecule has 220 valence electrons. The Bertz CT molecular complexity index is 1610. The molecule has 0 fully saturated rings. The van der Waals surface area contributed by atoms with Crippen molar-refractivity contribution in [3.05, 3.63) is 192 Å². The molecule has 6 aromatic rings. The summed E-state index contributed by atoms with van der Waals surface area (Å²) in [6.45, 7) is 4.75. The number of benzene rings is 6. The van der Waals surface area contributed by atoms with Crippen LogP contribution in [0, 0.1) is 0 Å². The summed E-state index contributed by atoms with van der Waals surface area (Å²) in [5.41, 5.74) is 14.1. The average molecular weight is 599 g/mol. The van der Waals surface area contributed by atoms with Gasteiger partial charge in [0.15, 0.2) is 0 Å². The summed E-state index contributed by atoms with van der Waals surface area (Å²) < 4.78 is 0. The Kier molecular flexibility index (Phi) is 9.19. The van der Waals surface area contributed by atoms with E-state index in [-0.39, 0.29) is 0 Å². The van der Waals surface area contributed by atoms with E-state index >= 15 is 0 Å². The van der Waals surface area contributed by atoms with E-state index in [0.29, 0.717) is 0 Å². The van der Waals surface area contributed by atoms with Crippen molar-refractivity contribution in [1.82, 2.24) is 0 Å². The normalized spacial score (nSPS) is 11.6. The van der Waals surface area contributed by atoms with Gasteiger partial charge < -0.3 is 9.80 Å². The van der Waals surface area contributed by atoms with Crippen LogP contribution in [0.2, 0.25) is 13.1 Å². The Morgan fingerprint density at radius 1 is 0.333 bits per heavy atom. The molecule has 0 radical (unpaired) electrons. The van der Waals surface area contributed by atoms with Crippen LogP contribution in [0.3, 0.4) is 0 Å². The maximum Gasteiger partial charge on any atom is 0.0954 e. The van der Waals surface area contributed by atoms with Crippen LogP contribution >= 0.6 is 0 Å². The minimum atomic E-state index is -1.73. The fraction of sp³-hybridized carbons (Fsp3) is 0.0476.